The van der Waals surface area contributed by atoms with Crippen molar-refractivity contribution in [2.24, 2.45) is 11.8 Å². The van der Waals surface area contributed by atoms with Gasteiger partial charge in [-0.2, -0.15) is 0 Å². The molecule has 4 heteroatoms. The molecule has 0 bridgehead atoms. The zero-order chi connectivity index (χ0) is 14.5. The van der Waals surface area contributed by atoms with Crippen LogP contribution >= 0.6 is 0 Å². The van der Waals surface area contributed by atoms with Crippen molar-refractivity contribution in [3.8, 4) is 5.75 Å². The lowest BCUT2D eigenvalue weighted by Gasteiger charge is -2.27. The van der Waals surface area contributed by atoms with Gasteiger partial charge in [-0.05, 0) is 44.4 Å². The lowest BCUT2D eigenvalue weighted by atomic mass is 9.87. The highest BCUT2D eigenvalue weighted by molar-refractivity contribution is 5.31. The Bertz CT molecular complexity index is 423. The third-order valence-corrected chi connectivity index (χ3v) is 3.86. The third kappa shape index (κ3) is 3.51. The van der Waals surface area contributed by atoms with E-state index in [4.69, 9.17) is 15.3 Å². The van der Waals surface area contributed by atoms with Gasteiger partial charge in [0.25, 0.3) is 0 Å². The van der Waals surface area contributed by atoms with Gasteiger partial charge in [0.05, 0.1) is 18.2 Å². The first kappa shape index (κ1) is 15.3. The minimum Gasteiger partial charge on any atom is -0.491 e. The minimum absolute atomic E-state index is 0.109. The molecule has 1 aliphatic heterocycles. The summed E-state index contributed by atoms with van der Waals surface area (Å²) in [5.41, 5.74) is 4.14. The predicted octanol–water partition coefficient (Wildman–Crippen LogP) is 2.79. The van der Waals surface area contributed by atoms with Gasteiger partial charge in [-0.3, -0.25) is 11.3 Å². The van der Waals surface area contributed by atoms with Crippen molar-refractivity contribution in [3.05, 3.63) is 29.8 Å². The van der Waals surface area contributed by atoms with Crippen LogP contribution in [0.1, 0.15) is 45.2 Å². The molecular formula is C16H26N2O2. The van der Waals surface area contributed by atoms with Crippen LogP contribution in [0.2, 0.25) is 0 Å². The fourth-order valence-corrected chi connectivity index (χ4v) is 2.99. The number of hydrazine groups is 1. The van der Waals surface area contributed by atoms with Crippen LogP contribution in [0.15, 0.2) is 24.3 Å². The van der Waals surface area contributed by atoms with Crippen molar-refractivity contribution in [3.63, 3.8) is 0 Å². The van der Waals surface area contributed by atoms with Gasteiger partial charge < -0.3 is 9.47 Å². The highest BCUT2D eigenvalue weighted by atomic mass is 16.5. The van der Waals surface area contributed by atoms with E-state index in [1.54, 1.807) is 0 Å². The van der Waals surface area contributed by atoms with Gasteiger partial charge in [-0.25, -0.2) is 0 Å². The quantitative estimate of drug-likeness (QED) is 0.620. The maximum atomic E-state index is 5.81. The molecule has 1 heterocycles. The van der Waals surface area contributed by atoms with E-state index in [1.165, 1.54) is 5.56 Å². The normalized spacial score (nSPS) is 24.1. The van der Waals surface area contributed by atoms with Gasteiger partial charge in [-0.15, -0.1) is 0 Å². The molecule has 0 aliphatic carbocycles. The van der Waals surface area contributed by atoms with Crippen LogP contribution in [0, 0.1) is 5.92 Å². The van der Waals surface area contributed by atoms with E-state index in [0.29, 0.717) is 5.92 Å². The summed E-state index contributed by atoms with van der Waals surface area (Å²) in [5, 5.41) is 0. The zero-order valence-electron chi connectivity index (χ0n) is 12.6. The molecule has 3 atom stereocenters. The molecule has 1 aliphatic rings. The topological polar surface area (TPSA) is 56.5 Å². The summed E-state index contributed by atoms with van der Waals surface area (Å²) in [6.45, 7) is 7.05. The molecule has 0 amide bonds. The van der Waals surface area contributed by atoms with Gasteiger partial charge in [-0.1, -0.05) is 19.1 Å². The molecule has 0 radical (unpaired) electrons. The number of rotatable bonds is 6. The van der Waals surface area contributed by atoms with Gasteiger partial charge in [0, 0.05) is 12.5 Å². The number of nitrogens with two attached hydrogens (primary N) is 1. The average molecular weight is 278 g/mol. The first-order valence-electron chi connectivity index (χ1n) is 7.50. The van der Waals surface area contributed by atoms with Crippen LogP contribution < -0.4 is 16.0 Å². The van der Waals surface area contributed by atoms with Gasteiger partial charge >= 0.3 is 0 Å². The molecule has 1 aromatic carbocycles. The molecule has 2 rings (SSSR count). The Morgan fingerprint density at radius 1 is 1.45 bits per heavy atom. The number of hydrogen-bond acceptors (Lipinski definition) is 4. The first-order chi connectivity index (χ1) is 9.65. The summed E-state index contributed by atoms with van der Waals surface area (Å²) in [4.78, 5) is 0. The molecular weight excluding hydrogens is 252 g/mol. The second kappa shape index (κ2) is 7.07. The van der Waals surface area contributed by atoms with Crippen molar-refractivity contribution < 1.29 is 9.47 Å². The van der Waals surface area contributed by atoms with Crippen LogP contribution in [-0.4, -0.2) is 18.8 Å². The Balaban J connectivity index is 2.18. The SMILES string of the molecule is CCC1OCCC1C(NN)c1cccc(OC(C)C)c1. The van der Waals surface area contributed by atoms with Crippen LogP contribution in [0.4, 0.5) is 0 Å². The smallest absolute Gasteiger partial charge is 0.120 e. The van der Waals surface area contributed by atoms with Gasteiger partial charge in [0.15, 0.2) is 0 Å². The summed E-state index contributed by atoms with van der Waals surface area (Å²) in [7, 11) is 0. The number of nitrogens with one attached hydrogen (secondary N) is 1. The molecule has 0 aromatic heterocycles. The standard InChI is InChI=1S/C16H26N2O2/c1-4-15-14(8-9-19-15)16(18-17)12-6-5-7-13(10-12)20-11(2)3/h5-7,10-11,14-16,18H,4,8-9,17H2,1-3H3. The van der Waals surface area contributed by atoms with E-state index in [0.717, 1.165) is 25.2 Å². The number of benzene rings is 1. The zero-order valence-corrected chi connectivity index (χ0v) is 12.6. The largest absolute Gasteiger partial charge is 0.491 e. The third-order valence-electron chi connectivity index (χ3n) is 3.86. The van der Waals surface area contributed by atoms with E-state index in [-0.39, 0.29) is 18.2 Å². The maximum Gasteiger partial charge on any atom is 0.120 e. The molecule has 20 heavy (non-hydrogen) atoms. The fourth-order valence-electron chi connectivity index (χ4n) is 2.99. The van der Waals surface area contributed by atoms with Gasteiger partial charge in [0.1, 0.15) is 5.75 Å². The van der Waals surface area contributed by atoms with Crippen molar-refractivity contribution in [2.75, 3.05) is 6.61 Å². The molecule has 3 unspecified atom stereocenters. The Kier molecular flexibility index (Phi) is 5.40. The van der Waals surface area contributed by atoms with Crippen LogP contribution in [-0.2, 0) is 4.74 Å². The molecule has 1 fully saturated rings. The Morgan fingerprint density at radius 3 is 2.90 bits per heavy atom. The van der Waals surface area contributed by atoms with Gasteiger partial charge in [0.2, 0.25) is 0 Å². The van der Waals surface area contributed by atoms with Crippen molar-refractivity contribution in [2.45, 2.75) is 51.9 Å². The average Bonchev–Trinajstić information content (AvgIpc) is 2.87. The Labute approximate surface area is 121 Å². The van der Waals surface area contributed by atoms with Crippen molar-refractivity contribution in [1.82, 2.24) is 5.43 Å². The van der Waals surface area contributed by atoms with Crippen molar-refractivity contribution >= 4 is 0 Å². The highest BCUT2D eigenvalue weighted by Gasteiger charge is 2.34. The molecule has 112 valence electrons. The van der Waals surface area contributed by atoms with Crippen LogP contribution in [0.5, 0.6) is 5.75 Å². The summed E-state index contributed by atoms with van der Waals surface area (Å²) >= 11 is 0. The maximum absolute atomic E-state index is 5.81. The van der Waals surface area contributed by atoms with Crippen LogP contribution in [0.25, 0.3) is 0 Å². The summed E-state index contributed by atoms with van der Waals surface area (Å²) < 4.78 is 11.6. The monoisotopic (exact) mass is 278 g/mol. The van der Waals surface area contributed by atoms with E-state index < -0.39 is 0 Å². The van der Waals surface area contributed by atoms with E-state index in [1.807, 2.05) is 26.0 Å². The highest BCUT2D eigenvalue weighted by Crippen LogP contribution is 2.35. The molecule has 4 nitrogen and oxygen atoms in total. The van der Waals surface area contributed by atoms with E-state index >= 15 is 0 Å². The second-order valence-electron chi connectivity index (χ2n) is 5.65. The Morgan fingerprint density at radius 2 is 2.25 bits per heavy atom. The molecule has 1 saturated heterocycles. The first-order valence-corrected chi connectivity index (χ1v) is 7.50. The Hall–Kier alpha value is -1.10. The summed E-state index contributed by atoms with van der Waals surface area (Å²) in [5.74, 6) is 7.12. The summed E-state index contributed by atoms with van der Waals surface area (Å²) in [6, 6.07) is 8.30. The van der Waals surface area contributed by atoms with Crippen LogP contribution in [0.3, 0.4) is 0 Å². The number of ether oxygens (including phenoxy) is 2. The summed E-state index contributed by atoms with van der Waals surface area (Å²) in [6.07, 6.45) is 2.52. The lowest BCUT2D eigenvalue weighted by molar-refractivity contribution is 0.0773. The lowest BCUT2D eigenvalue weighted by Crippen LogP contribution is -2.36. The van der Waals surface area contributed by atoms with E-state index in [9.17, 15) is 0 Å². The molecule has 0 saturated carbocycles. The molecule has 0 spiro atoms. The fraction of sp³-hybridized carbons (Fsp3) is 0.625. The minimum atomic E-state index is 0.109. The molecule has 1 aromatic rings. The second-order valence-corrected chi connectivity index (χ2v) is 5.65. The van der Waals surface area contributed by atoms with Crippen molar-refractivity contribution in [1.29, 1.82) is 0 Å². The predicted molar refractivity (Wildman–Crippen MR) is 80.4 cm³/mol. The molecule has 3 N–H and O–H groups in total. The number of hydrogen-bond donors (Lipinski definition) is 2. The van der Waals surface area contributed by atoms with E-state index in [2.05, 4.69) is 24.5 Å².